The monoisotopic (exact) mass is 251 g/mol. The Balaban J connectivity index is 1.70. The van der Waals surface area contributed by atoms with Gasteiger partial charge in [-0.05, 0) is 62.2 Å². The molecule has 0 spiro atoms. The molecular formula is C15H25NO2. The predicted molar refractivity (Wildman–Crippen MR) is 69.8 cm³/mol. The molecule has 2 N–H and O–H groups in total. The maximum Gasteiger partial charge on any atom is 0.323 e. The van der Waals surface area contributed by atoms with Gasteiger partial charge in [0.2, 0.25) is 0 Å². The molecule has 0 aromatic carbocycles. The summed E-state index contributed by atoms with van der Waals surface area (Å²) in [5, 5.41) is 0. The fourth-order valence-electron chi connectivity index (χ4n) is 4.71. The van der Waals surface area contributed by atoms with Crippen molar-refractivity contribution >= 4 is 5.97 Å². The van der Waals surface area contributed by atoms with Gasteiger partial charge in [-0.25, -0.2) is 0 Å². The molecule has 4 bridgehead atoms. The van der Waals surface area contributed by atoms with Gasteiger partial charge in [-0.15, -0.1) is 0 Å². The normalized spacial score (nSPS) is 43.2. The van der Waals surface area contributed by atoms with Gasteiger partial charge in [0, 0.05) is 0 Å². The summed E-state index contributed by atoms with van der Waals surface area (Å²) in [7, 11) is 0. The second-order valence-corrected chi connectivity index (χ2v) is 7.29. The van der Waals surface area contributed by atoms with Crippen molar-refractivity contribution in [3.63, 3.8) is 0 Å². The molecule has 3 nitrogen and oxygen atoms in total. The summed E-state index contributed by atoms with van der Waals surface area (Å²) < 4.78 is 5.91. The minimum atomic E-state index is -0.460. The van der Waals surface area contributed by atoms with Crippen LogP contribution in [0.25, 0.3) is 0 Å². The van der Waals surface area contributed by atoms with Gasteiger partial charge in [0.1, 0.15) is 11.6 Å². The molecule has 3 heteroatoms. The smallest absolute Gasteiger partial charge is 0.323 e. The molecule has 0 amide bonds. The Morgan fingerprint density at radius 2 is 1.56 bits per heavy atom. The lowest BCUT2D eigenvalue weighted by Gasteiger charge is -2.55. The lowest BCUT2D eigenvalue weighted by molar-refractivity contribution is -0.188. The van der Waals surface area contributed by atoms with E-state index in [-0.39, 0.29) is 17.5 Å². The average molecular weight is 251 g/mol. The van der Waals surface area contributed by atoms with Crippen molar-refractivity contribution in [2.45, 2.75) is 64.0 Å². The molecule has 0 aliphatic heterocycles. The summed E-state index contributed by atoms with van der Waals surface area (Å²) in [5.74, 6) is 2.40. The van der Waals surface area contributed by atoms with Crippen molar-refractivity contribution in [3.8, 4) is 0 Å². The quantitative estimate of drug-likeness (QED) is 0.784. The van der Waals surface area contributed by atoms with Crippen molar-refractivity contribution in [3.05, 3.63) is 0 Å². The van der Waals surface area contributed by atoms with E-state index >= 15 is 0 Å². The molecule has 0 radical (unpaired) electrons. The largest absolute Gasteiger partial charge is 0.458 e. The van der Waals surface area contributed by atoms with Crippen LogP contribution >= 0.6 is 0 Å². The highest BCUT2D eigenvalue weighted by Crippen LogP contribution is 2.57. The fraction of sp³-hybridized carbons (Fsp3) is 0.933. The maximum absolute atomic E-state index is 12.1. The molecule has 102 valence electrons. The second kappa shape index (κ2) is 4.22. The minimum Gasteiger partial charge on any atom is -0.458 e. The van der Waals surface area contributed by atoms with Crippen molar-refractivity contribution < 1.29 is 9.53 Å². The van der Waals surface area contributed by atoms with E-state index in [1.165, 1.54) is 19.3 Å². The lowest BCUT2D eigenvalue weighted by atomic mass is 9.54. The number of hydrogen-bond donors (Lipinski definition) is 1. The Morgan fingerprint density at radius 1 is 1.11 bits per heavy atom. The molecule has 0 aromatic heterocycles. The fourth-order valence-corrected chi connectivity index (χ4v) is 4.71. The topological polar surface area (TPSA) is 52.3 Å². The molecule has 4 rings (SSSR count). The summed E-state index contributed by atoms with van der Waals surface area (Å²) in [5.41, 5.74) is 5.77. The maximum atomic E-state index is 12.1. The summed E-state index contributed by atoms with van der Waals surface area (Å²) in [4.78, 5) is 12.1. The first kappa shape index (κ1) is 12.5. The molecule has 0 aromatic rings. The van der Waals surface area contributed by atoms with Gasteiger partial charge in [0.05, 0.1) is 0 Å². The van der Waals surface area contributed by atoms with Crippen LogP contribution in [0.3, 0.4) is 0 Å². The number of esters is 1. The van der Waals surface area contributed by atoms with E-state index in [0.29, 0.717) is 0 Å². The molecule has 18 heavy (non-hydrogen) atoms. The van der Waals surface area contributed by atoms with E-state index in [0.717, 1.165) is 37.0 Å². The number of hydrogen-bond acceptors (Lipinski definition) is 3. The van der Waals surface area contributed by atoms with E-state index in [9.17, 15) is 4.79 Å². The second-order valence-electron chi connectivity index (χ2n) is 7.29. The zero-order valence-electron chi connectivity index (χ0n) is 11.5. The van der Waals surface area contributed by atoms with Crippen molar-refractivity contribution in [1.29, 1.82) is 0 Å². The number of rotatable bonds is 3. The molecule has 1 atom stereocenters. The van der Waals surface area contributed by atoms with Crippen molar-refractivity contribution in [1.82, 2.24) is 0 Å². The summed E-state index contributed by atoms with van der Waals surface area (Å²) in [6, 6.07) is -0.460. The first-order valence-corrected chi connectivity index (χ1v) is 7.46. The SMILES string of the molecule is CC(C)C(N)C(=O)OC12CC3CC(CC(C3)C1)C2. The van der Waals surface area contributed by atoms with E-state index in [2.05, 4.69) is 0 Å². The number of carbonyl (C=O) groups is 1. The minimum absolute atomic E-state index is 0.141. The third-order valence-electron chi connectivity index (χ3n) is 5.29. The highest BCUT2D eigenvalue weighted by atomic mass is 16.6. The molecule has 4 saturated carbocycles. The number of nitrogens with two attached hydrogens (primary N) is 1. The zero-order valence-corrected chi connectivity index (χ0v) is 11.5. The van der Waals surface area contributed by atoms with Gasteiger partial charge in [-0.3, -0.25) is 4.79 Å². The molecular weight excluding hydrogens is 226 g/mol. The Kier molecular flexibility index (Phi) is 2.92. The number of carbonyl (C=O) groups excluding carboxylic acids is 1. The Morgan fingerprint density at radius 3 is 1.94 bits per heavy atom. The van der Waals surface area contributed by atoms with Crippen LogP contribution in [-0.4, -0.2) is 17.6 Å². The van der Waals surface area contributed by atoms with Crippen LogP contribution in [0.4, 0.5) is 0 Å². The summed E-state index contributed by atoms with van der Waals surface area (Å²) in [6.07, 6.45) is 7.38. The molecule has 1 unspecified atom stereocenters. The van der Waals surface area contributed by atoms with Gasteiger partial charge in [-0.2, -0.15) is 0 Å². The van der Waals surface area contributed by atoms with Crippen LogP contribution < -0.4 is 5.73 Å². The molecule has 4 aliphatic rings. The lowest BCUT2D eigenvalue weighted by Crippen LogP contribution is -2.54. The van der Waals surface area contributed by atoms with Crippen LogP contribution in [-0.2, 0) is 9.53 Å². The van der Waals surface area contributed by atoms with Gasteiger partial charge < -0.3 is 10.5 Å². The standard InChI is InChI=1S/C15H25NO2/c1-9(2)13(16)14(17)18-15-6-10-3-11(7-15)5-12(4-10)8-15/h9-13H,3-8,16H2,1-2H3. The van der Waals surface area contributed by atoms with Crippen LogP contribution in [0.15, 0.2) is 0 Å². The highest BCUT2D eigenvalue weighted by Gasteiger charge is 2.53. The van der Waals surface area contributed by atoms with E-state index < -0.39 is 6.04 Å². The average Bonchev–Trinajstić information content (AvgIpc) is 2.24. The van der Waals surface area contributed by atoms with Crippen LogP contribution in [0.5, 0.6) is 0 Å². The van der Waals surface area contributed by atoms with Gasteiger partial charge in [0.25, 0.3) is 0 Å². The Bertz CT molecular complexity index is 315. The van der Waals surface area contributed by atoms with Crippen LogP contribution in [0, 0.1) is 23.7 Å². The number of ether oxygens (including phenoxy) is 1. The zero-order chi connectivity index (χ0) is 12.9. The highest BCUT2D eigenvalue weighted by molar-refractivity contribution is 5.76. The third-order valence-corrected chi connectivity index (χ3v) is 5.29. The molecule has 0 heterocycles. The van der Waals surface area contributed by atoms with Gasteiger partial charge in [0.15, 0.2) is 0 Å². The predicted octanol–water partition coefficient (Wildman–Crippen LogP) is 2.48. The Hall–Kier alpha value is -0.570. The van der Waals surface area contributed by atoms with E-state index in [1.807, 2.05) is 13.8 Å². The third kappa shape index (κ3) is 2.07. The van der Waals surface area contributed by atoms with Crippen molar-refractivity contribution in [2.24, 2.45) is 29.4 Å². The first-order valence-electron chi connectivity index (χ1n) is 7.46. The van der Waals surface area contributed by atoms with Crippen LogP contribution in [0.2, 0.25) is 0 Å². The summed E-state index contributed by atoms with van der Waals surface area (Å²) >= 11 is 0. The molecule has 0 saturated heterocycles. The molecule has 4 fully saturated rings. The van der Waals surface area contributed by atoms with E-state index in [1.54, 1.807) is 0 Å². The van der Waals surface area contributed by atoms with Crippen LogP contribution in [0.1, 0.15) is 52.4 Å². The summed E-state index contributed by atoms with van der Waals surface area (Å²) in [6.45, 7) is 3.96. The first-order chi connectivity index (χ1) is 8.47. The van der Waals surface area contributed by atoms with Gasteiger partial charge >= 0.3 is 5.97 Å². The molecule has 4 aliphatic carbocycles. The Labute approximate surface area is 109 Å². The van der Waals surface area contributed by atoms with Gasteiger partial charge in [-0.1, -0.05) is 13.8 Å². The van der Waals surface area contributed by atoms with Crippen molar-refractivity contribution in [2.75, 3.05) is 0 Å². The van der Waals surface area contributed by atoms with E-state index in [4.69, 9.17) is 10.5 Å².